The van der Waals surface area contributed by atoms with Gasteiger partial charge in [0.05, 0.1) is 11.2 Å². The summed E-state index contributed by atoms with van der Waals surface area (Å²) < 4.78 is 0. The van der Waals surface area contributed by atoms with Crippen molar-refractivity contribution in [3.05, 3.63) is 23.8 Å². The predicted octanol–water partition coefficient (Wildman–Crippen LogP) is 1.51. The highest BCUT2D eigenvalue weighted by atomic mass is 35.5. The van der Waals surface area contributed by atoms with Gasteiger partial charge >= 0.3 is 0 Å². The Balaban J connectivity index is 0.00000196. The molecule has 4 rings (SSSR count). The number of rotatable bonds is 2. The summed E-state index contributed by atoms with van der Waals surface area (Å²) in [4.78, 5) is 33.4. The number of imidazole rings is 1. The van der Waals surface area contributed by atoms with Gasteiger partial charge in [-0.2, -0.15) is 0 Å². The number of fused-ring (bicyclic) bond motifs is 1. The topological polar surface area (TPSA) is 104 Å². The average molecular weight is 396 g/mol. The lowest BCUT2D eigenvalue weighted by atomic mass is 10.2. The lowest BCUT2D eigenvalue weighted by Gasteiger charge is -2.28. The zero-order valence-electron chi connectivity index (χ0n) is 14.3. The molecule has 0 aromatic carbocycles. The van der Waals surface area contributed by atoms with Crippen molar-refractivity contribution in [2.75, 3.05) is 30.3 Å². The standard InChI is InChI=1S/C16H21N7OS.ClH/c17-11-3-1-2-4-23(7-11)16(24)12-8-22(5-6-25-12)15-13-14(19-9-18-13)20-10-21-15;/h8-11H,1-7,17H2,(H,18,19,20,21);1H/t11-;/m1./s1. The summed E-state index contributed by atoms with van der Waals surface area (Å²) in [5, 5.41) is 0. The molecule has 1 fully saturated rings. The first-order valence-electron chi connectivity index (χ1n) is 8.52. The van der Waals surface area contributed by atoms with Crippen molar-refractivity contribution in [2.45, 2.75) is 25.3 Å². The Bertz CT molecular complexity index is 811. The number of amides is 1. The van der Waals surface area contributed by atoms with Crippen LogP contribution in [0.15, 0.2) is 23.8 Å². The fourth-order valence-electron chi connectivity index (χ4n) is 3.26. The third-order valence-corrected chi connectivity index (χ3v) is 5.52. The van der Waals surface area contributed by atoms with E-state index in [0.717, 1.165) is 48.8 Å². The lowest BCUT2D eigenvalue weighted by molar-refractivity contribution is -0.126. The highest BCUT2D eigenvalue weighted by molar-refractivity contribution is 8.04. The summed E-state index contributed by atoms with van der Waals surface area (Å²) >= 11 is 1.59. The lowest BCUT2D eigenvalue weighted by Crippen LogP contribution is -2.41. The van der Waals surface area contributed by atoms with Gasteiger partial charge in [0, 0.05) is 37.6 Å². The molecule has 4 heterocycles. The van der Waals surface area contributed by atoms with E-state index in [1.807, 2.05) is 16.0 Å². The van der Waals surface area contributed by atoms with Gasteiger partial charge in [0.25, 0.3) is 5.91 Å². The van der Waals surface area contributed by atoms with Gasteiger partial charge in [0.1, 0.15) is 6.33 Å². The normalized spacial score (nSPS) is 21.1. The van der Waals surface area contributed by atoms with Gasteiger partial charge < -0.3 is 20.5 Å². The zero-order chi connectivity index (χ0) is 17.2. The Morgan fingerprint density at radius 1 is 1.27 bits per heavy atom. The van der Waals surface area contributed by atoms with Crippen LogP contribution in [0, 0.1) is 0 Å². The van der Waals surface area contributed by atoms with Crippen LogP contribution < -0.4 is 10.6 Å². The summed E-state index contributed by atoms with van der Waals surface area (Å²) in [5.41, 5.74) is 7.52. The van der Waals surface area contributed by atoms with E-state index < -0.39 is 0 Å². The van der Waals surface area contributed by atoms with Crippen LogP contribution in [-0.2, 0) is 4.79 Å². The molecule has 2 aliphatic heterocycles. The summed E-state index contributed by atoms with van der Waals surface area (Å²) in [7, 11) is 0. The quantitative estimate of drug-likeness (QED) is 0.794. The number of aromatic amines is 1. The Kier molecular flexibility index (Phi) is 6.00. The molecule has 0 radical (unpaired) electrons. The number of hydrogen-bond donors (Lipinski definition) is 2. The maximum absolute atomic E-state index is 12.9. The van der Waals surface area contributed by atoms with Crippen LogP contribution in [0.3, 0.4) is 0 Å². The number of anilines is 1. The molecule has 1 amide bonds. The largest absolute Gasteiger partial charge is 0.337 e. The van der Waals surface area contributed by atoms with Crippen molar-refractivity contribution >= 4 is 47.1 Å². The molecule has 8 nitrogen and oxygen atoms in total. The predicted molar refractivity (Wildman–Crippen MR) is 105 cm³/mol. The molecule has 2 aliphatic rings. The smallest absolute Gasteiger partial charge is 0.261 e. The molecule has 1 saturated heterocycles. The van der Waals surface area contributed by atoms with Gasteiger partial charge in [0.2, 0.25) is 0 Å². The van der Waals surface area contributed by atoms with Crippen LogP contribution in [0.5, 0.6) is 0 Å². The average Bonchev–Trinajstić information content (AvgIpc) is 3.02. The summed E-state index contributed by atoms with van der Waals surface area (Å²) in [6.45, 7) is 2.19. The van der Waals surface area contributed by atoms with Crippen LogP contribution >= 0.6 is 24.2 Å². The number of likely N-dealkylation sites (tertiary alicyclic amines) is 1. The van der Waals surface area contributed by atoms with Crippen molar-refractivity contribution in [1.29, 1.82) is 0 Å². The van der Waals surface area contributed by atoms with Crippen molar-refractivity contribution in [1.82, 2.24) is 24.8 Å². The summed E-state index contributed by atoms with van der Waals surface area (Å²) in [6, 6.07) is 0.0716. The SMILES string of the molecule is Cl.N[C@@H]1CCCCN(C(=O)C2=CN(c3ncnc4[nH]cnc34)CCS2)C1. The molecule has 0 unspecified atom stereocenters. The zero-order valence-corrected chi connectivity index (χ0v) is 15.9. The minimum atomic E-state index is 0. The van der Waals surface area contributed by atoms with E-state index >= 15 is 0 Å². The summed E-state index contributed by atoms with van der Waals surface area (Å²) in [5.74, 6) is 1.62. The van der Waals surface area contributed by atoms with E-state index in [1.54, 1.807) is 18.1 Å². The van der Waals surface area contributed by atoms with Gasteiger partial charge in [-0.15, -0.1) is 24.2 Å². The third kappa shape index (κ3) is 3.79. The molecular formula is C16H22ClN7OS. The molecular weight excluding hydrogens is 374 g/mol. The van der Waals surface area contributed by atoms with Crippen molar-refractivity contribution in [3.8, 4) is 0 Å². The van der Waals surface area contributed by atoms with Crippen molar-refractivity contribution in [3.63, 3.8) is 0 Å². The van der Waals surface area contributed by atoms with Crippen LogP contribution in [0.25, 0.3) is 11.2 Å². The number of carbonyl (C=O) groups excluding carboxylic acids is 1. The minimum Gasteiger partial charge on any atom is -0.337 e. The van der Waals surface area contributed by atoms with E-state index in [4.69, 9.17) is 5.73 Å². The highest BCUT2D eigenvalue weighted by Gasteiger charge is 2.26. The van der Waals surface area contributed by atoms with E-state index in [2.05, 4.69) is 19.9 Å². The molecule has 140 valence electrons. The van der Waals surface area contributed by atoms with Gasteiger partial charge in [-0.1, -0.05) is 6.42 Å². The number of nitrogens with one attached hydrogen (secondary N) is 1. The van der Waals surface area contributed by atoms with Gasteiger partial charge in [-0.05, 0) is 12.8 Å². The number of aromatic nitrogens is 4. The van der Waals surface area contributed by atoms with Crippen molar-refractivity contribution in [2.24, 2.45) is 5.73 Å². The first-order valence-corrected chi connectivity index (χ1v) is 9.51. The Hall–Kier alpha value is -1.84. The molecule has 2 aromatic rings. The van der Waals surface area contributed by atoms with Crippen molar-refractivity contribution < 1.29 is 4.79 Å². The molecule has 0 bridgehead atoms. The first kappa shape index (κ1) is 18.9. The van der Waals surface area contributed by atoms with Crippen LogP contribution in [0.1, 0.15) is 19.3 Å². The highest BCUT2D eigenvalue weighted by Crippen LogP contribution is 2.29. The maximum Gasteiger partial charge on any atom is 0.261 e. The molecule has 1 atom stereocenters. The number of thioether (sulfide) groups is 1. The first-order chi connectivity index (χ1) is 12.2. The minimum absolute atomic E-state index is 0. The Morgan fingerprint density at radius 3 is 3.04 bits per heavy atom. The fraction of sp³-hybridized carbons (Fsp3) is 0.500. The molecule has 0 spiro atoms. The Labute approximate surface area is 162 Å². The van der Waals surface area contributed by atoms with E-state index in [0.29, 0.717) is 17.7 Å². The van der Waals surface area contributed by atoms with Crippen LogP contribution in [0.2, 0.25) is 0 Å². The Morgan fingerprint density at radius 2 is 2.15 bits per heavy atom. The van der Waals surface area contributed by atoms with Crippen LogP contribution in [0.4, 0.5) is 5.82 Å². The maximum atomic E-state index is 12.9. The van der Waals surface area contributed by atoms with Gasteiger partial charge in [-0.3, -0.25) is 4.79 Å². The number of nitrogens with two attached hydrogens (primary N) is 1. The number of nitrogens with zero attached hydrogens (tertiary/aromatic N) is 5. The number of halogens is 1. The second-order valence-electron chi connectivity index (χ2n) is 6.34. The summed E-state index contributed by atoms with van der Waals surface area (Å²) in [6.07, 6.45) is 8.10. The second kappa shape index (κ2) is 8.24. The van der Waals surface area contributed by atoms with Gasteiger partial charge in [-0.25, -0.2) is 15.0 Å². The molecule has 10 heteroatoms. The second-order valence-corrected chi connectivity index (χ2v) is 7.48. The van der Waals surface area contributed by atoms with Crippen LogP contribution in [-0.4, -0.2) is 62.2 Å². The number of hydrogen-bond acceptors (Lipinski definition) is 7. The molecule has 3 N–H and O–H groups in total. The molecule has 0 aliphatic carbocycles. The number of H-pyrrole nitrogens is 1. The molecule has 0 saturated carbocycles. The van der Waals surface area contributed by atoms with E-state index in [-0.39, 0.29) is 24.4 Å². The fourth-order valence-corrected chi connectivity index (χ4v) is 4.22. The molecule has 2 aromatic heterocycles. The van der Waals surface area contributed by atoms with Gasteiger partial charge in [0.15, 0.2) is 17.0 Å². The molecule has 26 heavy (non-hydrogen) atoms. The monoisotopic (exact) mass is 395 g/mol. The number of carbonyl (C=O) groups is 1. The van der Waals surface area contributed by atoms with E-state index in [9.17, 15) is 4.79 Å². The third-order valence-electron chi connectivity index (χ3n) is 4.54. The van der Waals surface area contributed by atoms with E-state index in [1.165, 1.54) is 6.33 Å².